The van der Waals surface area contributed by atoms with Crippen LogP contribution in [-0.4, -0.2) is 40.0 Å². The molecule has 2 aromatic rings. The van der Waals surface area contributed by atoms with Crippen LogP contribution in [0.3, 0.4) is 0 Å². The summed E-state index contributed by atoms with van der Waals surface area (Å²) in [5.74, 6) is 0.755. The van der Waals surface area contributed by atoms with Crippen molar-refractivity contribution < 1.29 is 0 Å². The number of aromatic nitrogens is 2. The fourth-order valence-electron chi connectivity index (χ4n) is 3.50. The molecular formula is C15H17ClN4O. The Hall–Kier alpha value is -1.43. The Balaban J connectivity index is 1.60. The van der Waals surface area contributed by atoms with Gasteiger partial charge in [-0.05, 0) is 31.0 Å². The molecule has 21 heavy (non-hydrogen) atoms. The summed E-state index contributed by atoms with van der Waals surface area (Å²) in [5.41, 5.74) is 1.41. The molecule has 110 valence electrons. The smallest absolute Gasteiger partial charge is 0.258 e. The molecule has 0 radical (unpaired) electrons. The fraction of sp³-hybridized carbons (Fsp3) is 0.467. The number of hydrogen-bond donors (Lipinski definition) is 1. The van der Waals surface area contributed by atoms with Gasteiger partial charge in [0.05, 0.1) is 10.7 Å². The van der Waals surface area contributed by atoms with E-state index in [0.29, 0.717) is 16.7 Å². The van der Waals surface area contributed by atoms with E-state index in [1.54, 1.807) is 24.4 Å². The van der Waals surface area contributed by atoms with Gasteiger partial charge in [-0.2, -0.15) is 0 Å². The molecule has 2 saturated heterocycles. The molecule has 0 aromatic carbocycles. The van der Waals surface area contributed by atoms with Gasteiger partial charge in [0.25, 0.3) is 5.56 Å². The summed E-state index contributed by atoms with van der Waals surface area (Å²) in [6.45, 7) is 4.02. The topological polar surface area (TPSA) is 49.6 Å². The average molecular weight is 305 g/mol. The summed E-state index contributed by atoms with van der Waals surface area (Å²) in [6.07, 6.45) is 2.87. The largest absolute Gasteiger partial charge is 0.312 e. The molecule has 5 nitrogen and oxygen atoms in total. The van der Waals surface area contributed by atoms with E-state index in [9.17, 15) is 4.79 Å². The zero-order valence-electron chi connectivity index (χ0n) is 11.6. The molecular weight excluding hydrogens is 288 g/mol. The van der Waals surface area contributed by atoms with E-state index in [1.807, 2.05) is 0 Å². The number of pyridine rings is 1. The van der Waals surface area contributed by atoms with Crippen molar-refractivity contribution in [1.29, 1.82) is 0 Å². The Morgan fingerprint density at radius 3 is 3.14 bits per heavy atom. The molecule has 0 bridgehead atoms. The Bertz CT molecular complexity index is 732. The van der Waals surface area contributed by atoms with Crippen LogP contribution >= 0.6 is 11.6 Å². The first-order valence-electron chi connectivity index (χ1n) is 7.32. The molecule has 2 atom stereocenters. The van der Waals surface area contributed by atoms with Crippen molar-refractivity contribution in [2.24, 2.45) is 5.92 Å². The second-order valence-corrected chi connectivity index (χ2v) is 6.40. The van der Waals surface area contributed by atoms with Gasteiger partial charge in [0.1, 0.15) is 5.65 Å². The Kier molecular flexibility index (Phi) is 3.21. The van der Waals surface area contributed by atoms with Crippen LogP contribution in [0.1, 0.15) is 12.1 Å². The molecule has 4 rings (SSSR count). The van der Waals surface area contributed by atoms with Gasteiger partial charge in [-0.25, -0.2) is 4.98 Å². The SMILES string of the molecule is O=c1cc(CN2C[C@@H]3CCN[C@@H]3C2)nc2ccc(Cl)cn12. The zero-order chi connectivity index (χ0) is 14.4. The number of nitrogens with one attached hydrogen (secondary N) is 1. The van der Waals surface area contributed by atoms with E-state index in [2.05, 4.69) is 15.2 Å². The van der Waals surface area contributed by atoms with Gasteiger partial charge in [-0.15, -0.1) is 0 Å². The number of rotatable bonds is 2. The second kappa shape index (κ2) is 5.09. The van der Waals surface area contributed by atoms with Crippen molar-refractivity contribution in [2.45, 2.75) is 19.0 Å². The monoisotopic (exact) mass is 304 g/mol. The lowest BCUT2D eigenvalue weighted by atomic mass is 10.1. The summed E-state index contributed by atoms with van der Waals surface area (Å²) in [4.78, 5) is 19.1. The first-order chi connectivity index (χ1) is 10.2. The van der Waals surface area contributed by atoms with Crippen molar-refractivity contribution in [3.8, 4) is 0 Å². The summed E-state index contributed by atoms with van der Waals surface area (Å²) in [7, 11) is 0. The first-order valence-corrected chi connectivity index (χ1v) is 7.70. The number of likely N-dealkylation sites (tertiary alicyclic amines) is 1. The number of halogens is 1. The van der Waals surface area contributed by atoms with E-state index in [4.69, 9.17) is 11.6 Å². The third-order valence-corrected chi connectivity index (χ3v) is 4.72. The number of nitrogens with zero attached hydrogens (tertiary/aromatic N) is 3. The average Bonchev–Trinajstić information content (AvgIpc) is 3.00. The minimum Gasteiger partial charge on any atom is -0.312 e. The molecule has 2 fully saturated rings. The maximum absolute atomic E-state index is 12.2. The highest BCUT2D eigenvalue weighted by Gasteiger charge is 2.35. The molecule has 0 amide bonds. The zero-order valence-corrected chi connectivity index (χ0v) is 12.4. The van der Waals surface area contributed by atoms with E-state index < -0.39 is 0 Å². The van der Waals surface area contributed by atoms with Gasteiger partial charge >= 0.3 is 0 Å². The lowest BCUT2D eigenvalue weighted by Gasteiger charge is -2.16. The van der Waals surface area contributed by atoms with Gasteiger partial charge in [0.2, 0.25) is 0 Å². The maximum atomic E-state index is 12.2. The van der Waals surface area contributed by atoms with Crippen molar-refractivity contribution in [3.63, 3.8) is 0 Å². The molecule has 0 saturated carbocycles. The third kappa shape index (κ3) is 2.46. The molecule has 2 aromatic heterocycles. The van der Waals surface area contributed by atoms with Crippen LogP contribution in [0.5, 0.6) is 0 Å². The van der Waals surface area contributed by atoms with Crippen molar-refractivity contribution in [3.05, 3.63) is 45.5 Å². The lowest BCUT2D eigenvalue weighted by Crippen LogP contribution is -2.30. The predicted octanol–water partition coefficient (Wildman–Crippen LogP) is 1.14. The first kappa shape index (κ1) is 13.2. The predicted molar refractivity (Wildman–Crippen MR) is 81.6 cm³/mol. The summed E-state index contributed by atoms with van der Waals surface area (Å²) >= 11 is 5.92. The minimum absolute atomic E-state index is 0.0741. The van der Waals surface area contributed by atoms with Crippen LogP contribution < -0.4 is 10.9 Å². The van der Waals surface area contributed by atoms with E-state index in [1.165, 1.54) is 10.8 Å². The van der Waals surface area contributed by atoms with E-state index in [0.717, 1.165) is 37.8 Å². The van der Waals surface area contributed by atoms with Crippen LogP contribution in [0, 0.1) is 5.92 Å². The van der Waals surface area contributed by atoms with Gasteiger partial charge in [0, 0.05) is 37.9 Å². The standard InChI is InChI=1S/C15H17ClN4O/c16-11-1-2-14-18-12(5-15(21)20(14)7-11)8-19-6-10-3-4-17-13(10)9-19/h1-2,5,7,10,13,17H,3-4,6,8-9H2/t10-,13+/m0/s1. The molecule has 0 aliphatic carbocycles. The fourth-order valence-corrected chi connectivity index (χ4v) is 3.66. The molecule has 0 unspecified atom stereocenters. The molecule has 4 heterocycles. The van der Waals surface area contributed by atoms with Gasteiger partial charge in [-0.3, -0.25) is 14.1 Å². The summed E-state index contributed by atoms with van der Waals surface area (Å²) in [6, 6.07) is 5.78. The molecule has 2 aliphatic heterocycles. The Morgan fingerprint density at radius 1 is 1.38 bits per heavy atom. The Morgan fingerprint density at radius 2 is 2.29 bits per heavy atom. The van der Waals surface area contributed by atoms with Gasteiger partial charge in [-0.1, -0.05) is 11.6 Å². The highest BCUT2D eigenvalue weighted by atomic mass is 35.5. The third-order valence-electron chi connectivity index (χ3n) is 4.50. The van der Waals surface area contributed by atoms with Gasteiger partial charge < -0.3 is 5.32 Å². The molecule has 1 N–H and O–H groups in total. The maximum Gasteiger partial charge on any atom is 0.258 e. The van der Waals surface area contributed by atoms with Gasteiger partial charge in [0.15, 0.2) is 0 Å². The lowest BCUT2D eigenvalue weighted by molar-refractivity contribution is 0.303. The molecule has 2 aliphatic rings. The highest BCUT2D eigenvalue weighted by Crippen LogP contribution is 2.25. The van der Waals surface area contributed by atoms with Crippen molar-refractivity contribution in [1.82, 2.24) is 19.6 Å². The van der Waals surface area contributed by atoms with Crippen LogP contribution in [0.25, 0.3) is 5.65 Å². The minimum atomic E-state index is -0.0741. The quantitative estimate of drug-likeness (QED) is 0.904. The summed E-state index contributed by atoms with van der Waals surface area (Å²) < 4.78 is 1.49. The van der Waals surface area contributed by atoms with Crippen molar-refractivity contribution >= 4 is 17.2 Å². The highest BCUT2D eigenvalue weighted by molar-refractivity contribution is 6.30. The van der Waals surface area contributed by atoms with Crippen LogP contribution in [-0.2, 0) is 6.54 Å². The summed E-state index contributed by atoms with van der Waals surface area (Å²) in [5, 5.41) is 4.08. The van der Waals surface area contributed by atoms with E-state index >= 15 is 0 Å². The Labute approximate surface area is 127 Å². The second-order valence-electron chi connectivity index (χ2n) is 5.96. The number of fused-ring (bicyclic) bond motifs is 2. The number of hydrogen-bond acceptors (Lipinski definition) is 4. The van der Waals surface area contributed by atoms with Crippen LogP contribution in [0.4, 0.5) is 0 Å². The van der Waals surface area contributed by atoms with Crippen LogP contribution in [0.2, 0.25) is 5.02 Å². The van der Waals surface area contributed by atoms with Crippen molar-refractivity contribution in [2.75, 3.05) is 19.6 Å². The molecule has 6 heteroatoms. The van der Waals surface area contributed by atoms with Crippen LogP contribution in [0.15, 0.2) is 29.2 Å². The van der Waals surface area contributed by atoms with E-state index in [-0.39, 0.29) is 5.56 Å². The normalized spacial score (nSPS) is 25.6. The molecule has 0 spiro atoms.